The Hall–Kier alpha value is -1.36. The highest BCUT2D eigenvalue weighted by Crippen LogP contribution is 2.67. The minimum absolute atomic E-state index is 0.0539. The minimum atomic E-state index is -5.62. The number of ether oxygens (including phenoxy) is 1. The van der Waals surface area contributed by atoms with Gasteiger partial charge >= 0.3 is 23.5 Å². The van der Waals surface area contributed by atoms with Gasteiger partial charge in [-0.2, -0.15) is 8.62 Å². The Kier molecular flexibility index (Phi) is 8.27. The van der Waals surface area contributed by atoms with E-state index in [-0.39, 0.29) is 30.0 Å². The summed E-state index contributed by atoms with van der Waals surface area (Å²) >= 11 is 0. The Labute approximate surface area is 191 Å². The van der Waals surface area contributed by atoms with Crippen LogP contribution in [0.3, 0.4) is 0 Å². The molecule has 1 aliphatic heterocycles. The molecule has 0 radical (unpaired) electrons. The largest absolute Gasteiger partial charge is 0.490 e. The molecular weight excluding hydrogens is 527 g/mol. The van der Waals surface area contributed by atoms with Crippen molar-refractivity contribution < 1.29 is 61.0 Å². The van der Waals surface area contributed by atoms with Crippen LogP contribution >= 0.6 is 23.5 Å². The Morgan fingerprint density at radius 3 is 2.32 bits per heavy atom. The van der Waals surface area contributed by atoms with Gasteiger partial charge in [0.2, 0.25) is 0 Å². The zero-order valence-electron chi connectivity index (χ0n) is 17.3. The summed E-state index contributed by atoms with van der Waals surface area (Å²) in [6.07, 6.45) is -3.32. The smallest absolute Gasteiger partial charge is 0.387 e. The van der Waals surface area contributed by atoms with E-state index in [0.29, 0.717) is 0 Å². The molecule has 7 N–H and O–H groups in total. The van der Waals surface area contributed by atoms with Crippen LogP contribution in [0.5, 0.6) is 0 Å². The van der Waals surface area contributed by atoms with Crippen LogP contribution in [0.4, 0.5) is 5.82 Å². The molecule has 0 bridgehead atoms. The molecule has 0 spiro atoms. The second-order valence-corrected chi connectivity index (χ2v) is 11.5. The average Bonchev–Trinajstić information content (AvgIpc) is 3.26. The van der Waals surface area contributed by atoms with E-state index in [9.17, 15) is 38.6 Å². The van der Waals surface area contributed by atoms with Gasteiger partial charge in [0.05, 0.1) is 19.5 Å². The number of nitrogen functional groups attached to an aromatic ring is 1. The summed E-state index contributed by atoms with van der Waals surface area (Å²) in [7, 11) is -16.1. The molecule has 7 atom stereocenters. The van der Waals surface area contributed by atoms with E-state index < -0.39 is 54.6 Å². The maximum absolute atomic E-state index is 12.0. The Morgan fingerprint density at radius 1 is 1.03 bits per heavy atom. The lowest BCUT2D eigenvalue weighted by atomic mass is 10.1. The van der Waals surface area contributed by atoms with Crippen LogP contribution < -0.4 is 5.73 Å². The van der Waals surface area contributed by atoms with Crippen molar-refractivity contribution in [1.29, 1.82) is 0 Å². The highest BCUT2D eigenvalue weighted by molar-refractivity contribution is 7.66. The van der Waals surface area contributed by atoms with Gasteiger partial charge in [0, 0.05) is 0 Å². The summed E-state index contributed by atoms with van der Waals surface area (Å²) in [6, 6.07) is 0. The lowest BCUT2D eigenvalue weighted by Gasteiger charge is -2.20. The van der Waals surface area contributed by atoms with Gasteiger partial charge in [0.15, 0.2) is 17.7 Å². The van der Waals surface area contributed by atoms with Gasteiger partial charge in [-0.1, -0.05) is 6.92 Å². The molecule has 3 unspecified atom stereocenters. The molecule has 0 aromatic carbocycles. The van der Waals surface area contributed by atoms with Crippen molar-refractivity contribution in [2.75, 3.05) is 18.9 Å². The minimum Gasteiger partial charge on any atom is -0.387 e. The van der Waals surface area contributed by atoms with Crippen molar-refractivity contribution in [3.8, 4) is 0 Å². The first-order valence-electron chi connectivity index (χ1n) is 9.40. The van der Waals surface area contributed by atoms with Crippen LogP contribution in [0.15, 0.2) is 12.7 Å². The normalized spacial score (nSPS) is 28.4. The van der Waals surface area contributed by atoms with Gasteiger partial charge in [-0.15, -0.1) is 0 Å². The summed E-state index contributed by atoms with van der Waals surface area (Å²) in [5.74, 6) is 0.0539. The molecule has 0 saturated carbocycles. The summed E-state index contributed by atoms with van der Waals surface area (Å²) in [6.45, 7) is 0.339. The highest BCUT2D eigenvalue weighted by Gasteiger charge is 2.47. The average molecular weight is 549 g/mol. The van der Waals surface area contributed by atoms with Gasteiger partial charge < -0.3 is 35.4 Å². The number of rotatable bonds is 11. The van der Waals surface area contributed by atoms with Crippen LogP contribution in [0.1, 0.15) is 19.6 Å². The van der Waals surface area contributed by atoms with Crippen molar-refractivity contribution in [3.05, 3.63) is 12.7 Å². The summed E-state index contributed by atoms with van der Waals surface area (Å²) < 4.78 is 58.9. The summed E-state index contributed by atoms with van der Waals surface area (Å²) in [5, 5.41) is 20.6. The number of nitrogens with two attached hydrogens (primary N) is 1. The second-order valence-electron chi connectivity index (χ2n) is 6.83. The zero-order chi connectivity index (χ0) is 25.3. The van der Waals surface area contributed by atoms with Crippen LogP contribution in [0.2, 0.25) is 0 Å². The molecule has 1 saturated heterocycles. The molecule has 18 nitrogen and oxygen atoms in total. The molecule has 0 amide bonds. The van der Waals surface area contributed by atoms with Crippen LogP contribution in [-0.2, 0) is 36.1 Å². The SMILES string of the molecule is CCCOP(=O)(O)OP(=O)(O)OP(=O)(O)OC[C@H]1O[C@@H](n2cnc3c(N)ncnc32)[C@H](O)[C@@H]1O. The monoisotopic (exact) mass is 549 g/mol. The topological polar surface area (TPSA) is 268 Å². The molecule has 3 heterocycles. The van der Waals surface area contributed by atoms with E-state index in [2.05, 4.69) is 32.6 Å². The molecule has 192 valence electrons. The molecule has 1 fully saturated rings. The quantitative estimate of drug-likeness (QED) is 0.198. The van der Waals surface area contributed by atoms with Gasteiger partial charge in [-0.3, -0.25) is 13.6 Å². The lowest BCUT2D eigenvalue weighted by molar-refractivity contribution is -0.0503. The summed E-state index contributed by atoms with van der Waals surface area (Å²) in [5.41, 5.74) is 6.06. The second kappa shape index (κ2) is 10.3. The summed E-state index contributed by atoms with van der Waals surface area (Å²) in [4.78, 5) is 40.3. The Morgan fingerprint density at radius 2 is 1.68 bits per heavy atom. The lowest BCUT2D eigenvalue weighted by Crippen LogP contribution is -2.33. The molecule has 0 aliphatic carbocycles. The number of nitrogens with zero attached hydrogens (tertiary/aromatic N) is 4. The van der Waals surface area contributed by atoms with Crippen molar-refractivity contribution in [1.82, 2.24) is 19.5 Å². The predicted molar refractivity (Wildman–Crippen MR) is 109 cm³/mol. The van der Waals surface area contributed by atoms with Crippen molar-refractivity contribution in [2.24, 2.45) is 0 Å². The molecule has 3 rings (SSSR count). The number of aliphatic hydroxyl groups excluding tert-OH is 2. The van der Waals surface area contributed by atoms with Crippen LogP contribution in [0, 0.1) is 0 Å². The fraction of sp³-hybridized carbons (Fsp3) is 0.615. The van der Waals surface area contributed by atoms with Gasteiger partial charge in [-0.25, -0.2) is 28.6 Å². The third kappa shape index (κ3) is 6.44. The van der Waals surface area contributed by atoms with Gasteiger partial charge in [-0.05, 0) is 6.42 Å². The highest BCUT2D eigenvalue weighted by atomic mass is 31.3. The molecule has 1 aliphatic rings. The number of phosphoric ester groups is 2. The van der Waals surface area contributed by atoms with E-state index in [0.717, 1.165) is 6.33 Å². The zero-order valence-corrected chi connectivity index (χ0v) is 20.0. The standard InChI is InChI=1S/C13H22N5O13P3/c1-2-3-27-32(21,22)30-34(25,26)31-33(23,24)28-4-7-9(19)10(20)13(29-7)18-6-17-8-11(14)15-5-16-12(8)18/h5-7,9-10,13,19-20H,2-4H2,1H3,(H,21,22)(H,23,24)(H,25,26)(H2,14,15,16)/t7-,9-,10-,13-/m1/s1. The molecular formula is C13H22N5O13P3. The number of anilines is 1. The molecule has 34 heavy (non-hydrogen) atoms. The van der Waals surface area contributed by atoms with Crippen LogP contribution in [-0.4, -0.2) is 75.9 Å². The van der Waals surface area contributed by atoms with Gasteiger partial charge in [0.1, 0.15) is 30.2 Å². The van der Waals surface area contributed by atoms with Crippen molar-refractivity contribution in [3.63, 3.8) is 0 Å². The Balaban J connectivity index is 1.64. The first-order valence-corrected chi connectivity index (χ1v) is 13.9. The van der Waals surface area contributed by atoms with E-state index in [1.54, 1.807) is 6.92 Å². The first kappa shape index (κ1) is 27.2. The van der Waals surface area contributed by atoms with Gasteiger partial charge in [0.25, 0.3) is 0 Å². The number of fused-ring (bicyclic) bond motifs is 1. The van der Waals surface area contributed by atoms with Crippen LogP contribution in [0.25, 0.3) is 11.2 Å². The third-order valence-corrected chi connectivity index (χ3v) is 8.56. The maximum Gasteiger partial charge on any atom is 0.490 e. The number of hydrogen-bond acceptors (Lipinski definition) is 14. The molecule has 2 aromatic rings. The maximum atomic E-state index is 12.0. The number of hydrogen-bond donors (Lipinski definition) is 6. The van der Waals surface area contributed by atoms with Crippen molar-refractivity contribution >= 4 is 40.4 Å². The van der Waals surface area contributed by atoms with E-state index in [4.69, 9.17) is 10.5 Å². The fourth-order valence-electron chi connectivity index (χ4n) is 2.85. The molecule has 21 heteroatoms. The Bertz CT molecular complexity index is 1160. The fourth-order valence-corrected chi connectivity index (χ4v) is 6.45. The molecule has 2 aromatic heterocycles. The first-order chi connectivity index (χ1) is 15.8. The third-order valence-electron chi connectivity index (χ3n) is 4.27. The van der Waals surface area contributed by atoms with Crippen molar-refractivity contribution in [2.45, 2.75) is 37.9 Å². The van der Waals surface area contributed by atoms with E-state index in [1.807, 2.05) is 0 Å². The number of imidazole rings is 1. The number of phosphoric acid groups is 3. The van der Waals surface area contributed by atoms with E-state index in [1.165, 1.54) is 10.9 Å². The predicted octanol–water partition coefficient (Wildman–Crippen LogP) is -0.195. The van der Waals surface area contributed by atoms with E-state index >= 15 is 0 Å². The number of aromatic nitrogens is 4. The number of aliphatic hydroxyl groups is 2.